The number of anilines is 1. The Morgan fingerprint density at radius 1 is 1.40 bits per heavy atom. The summed E-state index contributed by atoms with van der Waals surface area (Å²) in [5, 5.41) is 4.21. The number of rotatable bonds is 2. The fraction of sp³-hybridized carbons (Fsp3) is 0.300. The van der Waals surface area contributed by atoms with E-state index in [-0.39, 0.29) is 0 Å². The molecule has 0 atom stereocenters. The highest BCUT2D eigenvalue weighted by atomic mass is 15.3. The van der Waals surface area contributed by atoms with Gasteiger partial charge in [-0.1, -0.05) is 6.92 Å². The van der Waals surface area contributed by atoms with Gasteiger partial charge < -0.3 is 5.73 Å². The van der Waals surface area contributed by atoms with Crippen LogP contribution in [0, 0.1) is 6.92 Å². The molecule has 0 aliphatic rings. The average molecular weight is 203 g/mol. The van der Waals surface area contributed by atoms with Gasteiger partial charge in [-0.2, -0.15) is 5.10 Å². The largest absolute Gasteiger partial charge is 0.383 e. The first-order valence-electron chi connectivity index (χ1n) is 4.83. The summed E-state index contributed by atoms with van der Waals surface area (Å²) in [4.78, 5) is 8.17. The maximum Gasteiger partial charge on any atom is 0.161 e. The minimum absolute atomic E-state index is 0.524. The predicted molar refractivity (Wildman–Crippen MR) is 57.7 cm³/mol. The van der Waals surface area contributed by atoms with E-state index in [9.17, 15) is 0 Å². The SMILES string of the molecule is CCc1c(N)ncnc1-n1cc(C)cn1. The number of aromatic nitrogens is 4. The number of nitrogens with zero attached hydrogens (tertiary/aromatic N) is 4. The smallest absolute Gasteiger partial charge is 0.161 e. The van der Waals surface area contributed by atoms with Gasteiger partial charge >= 0.3 is 0 Å². The molecule has 2 N–H and O–H groups in total. The minimum Gasteiger partial charge on any atom is -0.383 e. The van der Waals surface area contributed by atoms with E-state index in [0.717, 1.165) is 23.4 Å². The molecule has 15 heavy (non-hydrogen) atoms. The van der Waals surface area contributed by atoms with Crippen LogP contribution in [0.3, 0.4) is 0 Å². The third-order valence-corrected chi connectivity index (χ3v) is 2.24. The molecule has 0 aromatic carbocycles. The first-order valence-corrected chi connectivity index (χ1v) is 4.83. The molecule has 0 aliphatic carbocycles. The Kier molecular flexibility index (Phi) is 2.37. The molecule has 0 bridgehead atoms. The third-order valence-electron chi connectivity index (χ3n) is 2.24. The van der Waals surface area contributed by atoms with Crippen molar-refractivity contribution in [3.05, 3.63) is 29.8 Å². The molecule has 0 radical (unpaired) electrons. The van der Waals surface area contributed by atoms with Gasteiger partial charge in [0, 0.05) is 11.8 Å². The summed E-state index contributed by atoms with van der Waals surface area (Å²) < 4.78 is 1.73. The van der Waals surface area contributed by atoms with Crippen LogP contribution in [0.2, 0.25) is 0 Å². The van der Waals surface area contributed by atoms with Gasteiger partial charge in [-0.05, 0) is 18.9 Å². The van der Waals surface area contributed by atoms with Crippen molar-refractivity contribution in [3.63, 3.8) is 0 Å². The van der Waals surface area contributed by atoms with Crippen molar-refractivity contribution in [2.24, 2.45) is 0 Å². The Labute approximate surface area is 88.0 Å². The highest BCUT2D eigenvalue weighted by molar-refractivity contribution is 5.48. The van der Waals surface area contributed by atoms with Crippen LogP contribution >= 0.6 is 0 Å². The van der Waals surface area contributed by atoms with Gasteiger partial charge in [-0.3, -0.25) is 0 Å². The topological polar surface area (TPSA) is 69.6 Å². The molecule has 2 aromatic rings. The monoisotopic (exact) mass is 203 g/mol. The number of hydrogen-bond donors (Lipinski definition) is 1. The van der Waals surface area contributed by atoms with Gasteiger partial charge in [0.1, 0.15) is 12.1 Å². The molecule has 0 saturated carbocycles. The van der Waals surface area contributed by atoms with Crippen molar-refractivity contribution in [3.8, 4) is 5.82 Å². The fourth-order valence-electron chi connectivity index (χ4n) is 1.48. The van der Waals surface area contributed by atoms with Crippen LogP contribution in [0.15, 0.2) is 18.7 Å². The van der Waals surface area contributed by atoms with Crippen LogP contribution in [0.4, 0.5) is 5.82 Å². The van der Waals surface area contributed by atoms with Gasteiger partial charge in [0.15, 0.2) is 5.82 Å². The van der Waals surface area contributed by atoms with E-state index in [0.29, 0.717) is 5.82 Å². The first-order chi connectivity index (χ1) is 7.22. The molecule has 5 nitrogen and oxygen atoms in total. The number of aryl methyl sites for hydroxylation is 1. The van der Waals surface area contributed by atoms with Gasteiger partial charge in [-0.25, -0.2) is 14.6 Å². The molecular weight excluding hydrogens is 190 g/mol. The fourth-order valence-corrected chi connectivity index (χ4v) is 1.48. The van der Waals surface area contributed by atoms with E-state index in [4.69, 9.17) is 5.73 Å². The molecule has 0 amide bonds. The molecular formula is C10H13N5. The minimum atomic E-state index is 0.524. The second kappa shape index (κ2) is 3.68. The van der Waals surface area contributed by atoms with Crippen LogP contribution < -0.4 is 5.73 Å². The number of nitrogens with two attached hydrogens (primary N) is 1. The summed E-state index contributed by atoms with van der Waals surface area (Å²) in [6.45, 7) is 4.01. The molecule has 0 spiro atoms. The Morgan fingerprint density at radius 3 is 2.80 bits per heavy atom. The third kappa shape index (κ3) is 1.68. The molecule has 0 unspecified atom stereocenters. The van der Waals surface area contributed by atoms with Crippen LogP contribution in [-0.4, -0.2) is 19.7 Å². The van der Waals surface area contributed by atoms with Crippen molar-refractivity contribution in [2.75, 3.05) is 5.73 Å². The lowest BCUT2D eigenvalue weighted by Gasteiger charge is -2.07. The molecule has 0 fully saturated rings. The standard InChI is InChI=1S/C10H13N5/c1-3-8-9(11)12-6-13-10(8)15-5-7(2)4-14-15/h4-6H,3H2,1-2H3,(H2,11,12,13). The molecule has 5 heteroatoms. The summed E-state index contributed by atoms with van der Waals surface area (Å²) in [5.74, 6) is 1.29. The lowest BCUT2D eigenvalue weighted by atomic mass is 10.2. The Hall–Kier alpha value is -1.91. The first kappa shape index (κ1) is 9.64. The summed E-state index contributed by atoms with van der Waals surface area (Å²) in [7, 11) is 0. The quantitative estimate of drug-likeness (QED) is 0.793. The van der Waals surface area contributed by atoms with Crippen LogP contribution in [0.1, 0.15) is 18.1 Å². The normalized spacial score (nSPS) is 10.5. The maximum atomic E-state index is 5.78. The maximum absolute atomic E-state index is 5.78. The van der Waals surface area contributed by atoms with Gasteiger partial charge in [0.05, 0.1) is 6.20 Å². The van der Waals surface area contributed by atoms with Crippen molar-refractivity contribution in [2.45, 2.75) is 20.3 Å². The molecule has 2 aromatic heterocycles. The van der Waals surface area contributed by atoms with Crippen molar-refractivity contribution >= 4 is 5.82 Å². The zero-order chi connectivity index (χ0) is 10.8. The second-order valence-electron chi connectivity index (χ2n) is 3.38. The van der Waals surface area contributed by atoms with E-state index >= 15 is 0 Å². The summed E-state index contributed by atoms with van der Waals surface area (Å²) in [5.41, 5.74) is 7.81. The lowest BCUT2D eigenvalue weighted by Crippen LogP contribution is -2.07. The van der Waals surface area contributed by atoms with Gasteiger partial charge in [0.2, 0.25) is 0 Å². The summed E-state index contributed by atoms with van der Waals surface area (Å²) in [6.07, 6.45) is 5.96. The van der Waals surface area contributed by atoms with Crippen molar-refractivity contribution in [1.82, 2.24) is 19.7 Å². The van der Waals surface area contributed by atoms with E-state index in [1.807, 2.05) is 20.0 Å². The van der Waals surface area contributed by atoms with E-state index in [1.54, 1.807) is 10.9 Å². The van der Waals surface area contributed by atoms with Crippen LogP contribution in [0.5, 0.6) is 0 Å². The Morgan fingerprint density at radius 2 is 2.20 bits per heavy atom. The highest BCUT2D eigenvalue weighted by Gasteiger charge is 2.09. The number of hydrogen-bond acceptors (Lipinski definition) is 4. The van der Waals surface area contributed by atoms with E-state index < -0.39 is 0 Å². The van der Waals surface area contributed by atoms with Crippen molar-refractivity contribution in [1.29, 1.82) is 0 Å². The molecule has 0 aliphatic heterocycles. The summed E-state index contributed by atoms with van der Waals surface area (Å²) >= 11 is 0. The number of nitrogen functional groups attached to an aromatic ring is 1. The Balaban J connectivity index is 2.57. The van der Waals surface area contributed by atoms with Gasteiger partial charge in [0.25, 0.3) is 0 Å². The van der Waals surface area contributed by atoms with Crippen molar-refractivity contribution < 1.29 is 0 Å². The second-order valence-corrected chi connectivity index (χ2v) is 3.38. The van der Waals surface area contributed by atoms with E-state index in [2.05, 4.69) is 15.1 Å². The average Bonchev–Trinajstić information content (AvgIpc) is 2.64. The molecule has 78 valence electrons. The van der Waals surface area contributed by atoms with Crippen LogP contribution in [0.25, 0.3) is 5.82 Å². The highest BCUT2D eigenvalue weighted by Crippen LogP contribution is 2.16. The van der Waals surface area contributed by atoms with E-state index in [1.165, 1.54) is 6.33 Å². The van der Waals surface area contributed by atoms with Crippen LogP contribution in [-0.2, 0) is 6.42 Å². The molecule has 2 rings (SSSR count). The lowest BCUT2D eigenvalue weighted by molar-refractivity contribution is 0.820. The summed E-state index contributed by atoms with van der Waals surface area (Å²) in [6, 6.07) is 0. The zero-order valence-corrected chi connectivity index (χ0v) is 8.81. The van der Waals surface area contributed by atoms with Gasteiger partial charge in [-0.15, -0.1) is 0 Å². The zero-order valence-electron chi connectivity index (χ0n) is 8.81. The predicted octanol–water partition coefficient (Wildman–Crippen LogP) is 1.12. The molecule has 2 heterocycles. The molecule has 0 saturated heterocycles. The Bertz CT molecular complexity index is 474.